The van der Waals surface area contributed by atoms with E-state index in [-0.39, 0.29) is 0 Å². The number of methoxy groups -OCH3 is 1. The molecular formula is C16H25BrN2O. The first kappa shape index (κ1) is 15.8. The molecule has 1 fully saturated rings. The minimum atomic E-state index is 0.646. The van der Waals surface area contributed by atoms with Gasteiger partial charge in [-0.15, -0.1) is 0 Å². The zero-order valence-electron chi connectivity index (χ0n) is 12.5. The van der Waals surface area contributed by atoms with E-state index in [2.05, 4.69) is 39.1 Å². The molecule has 2 rings (SSSR count). The van der Waals surface area contributed by atoms with Gasteiger partial charge in [-0.2, -0.15) is 0 Å². The van der Waals surface area contributed by atoms with Crippen LogP contribution in [-0.2, 0) is 6.54 Å². The number of likely N-dealkylation sites (N-methyl/N-ethyl adjacent to an activating group) is 1. The number of ether oxygens (including phenoxy) is 1. The molecule has 0 saturated carbocycles. The average molecular weight is 341 g/mol. The molecule has 3 nitrogen and oxygen atoms in total. The van der Waals surface area contributed by atoms with Crippen molar-refractivity contribution in [2.24, 2.45) is 0 Å². The zero-order valence-corrected chi connectivity index (χ0v) is 14.1. The first-order valence-electron chi connectivity index (χ1n) is 7.51. The van der Waals surface area contributed by atoms with Crippen LogP contribution >= 0.6 is 15.9 Å². The monoisotopic (exact) mass is 340 g/mol. The Labute approximate surface area is 130 Å². The summed E-state index contributed by atoms with van der Waals surface area (Å²) in [6.07, 6.45) is 3.95. The molecule has 1 atom stereocenters. The maximum Gasteiger partial charge on any atom is 0.123 e. The first-order chi connectivity index (χ1) is 9.74. The lowest BCUT2D eigenvalue weighted by atomic mass is 10.0. The Balaban J connectivity index is 2.07. The van der Waals surface area contributed by atoms with E-state index >= 15 is 0 Å². The Bertz CT molecular complexity index is 425. The molecular weight excluding hydrogens is 316 g/mol. The molecule has 0 spiro atoms. The molecule has 1 saturated heterocycles. The van der Waals surface area contributed by atoms with Gasteiger partial charge in [-0.1, -0.05) is 29.3 Å². The summed E-state index contributed by atoms with van der Waals surface area (Å²) in [7, 11) is 1.75. The van der Waals surface area contributed by atoms with Crippen molar-refractivity contribution >= 4 is 15.9 Å². The SMILES string of the molecule is CCNCC1CCCCN1Cc1cc(Br)ccc1OC. The third-order valence-corrected chi connectivity index (χ3v) is 4.49. The normalized spacial score (nSPS) is 20.1. The van der Waals surface area contributed by atoms with E-state index in [9.17, 15) is 0 Å². The van der Waals surface area contributed by atoms with Crippen molar-refractivity contribution in [3.63, 3.8) is 0 Å². The Kier molecular flexibility index (Phi) is 6.33. The maximum absolute atomic E-state index is 5.50. The smallest absolute Gasteiger partial charge is 0.123 e. The van der Waals surface area contributed by atoms with Crippen molar-refractivity contribution < 1.29 is 4.74 Å². The Hall–Kier alpha value is -0.580. The lowest BCUT2D eigenvalue weighted by Gasteiger charge is -2.36. The predicted molar refractivity (Wildman–Crippen MR) is 87.3 cm³/mol. The molecule has 1 heterocycles. The fourth-order valence-electron chi connectivity index (χ4n) is 2.90. The van der Waals surface area contributed by atoms with Gasteiger partial charge in [0.2, 0.25) is 0 Å². The highest BCUT2D eigenvalue weighted by atomic mass is 79.9. The minimum Gasteiger partial charge on any atom is -0.496 e. The molecule has 4 heteroatoms. The number of likely N-dealkylation sites (tertiary alicyclic amines) is 1. The van der Waals surface area contributed by atoms with E-state index in [1.54, 1.807) is 7.11 Å². The topological polar surface area (TPSA) is 24.5 Å². The van der Waals surface area contributed by atoms with Crippen molar-refractivity contribution in [1.29, 1.82) is 0 Å². The summed E-state index contributed by atoms with van der Waals surface area (Å²) in [6, 6.07) is 6.90. The van der Waals surface area contributed by atoms with Crippen LogP contribution in [0.4, 0.5) is 0 Å². The van der Waals surface area contributed by atoms with Crippen molar-refractivity contribution in [3.8, 4) is 5.75 Å². The van der Waals surface area contributed by atoms with Gasteiger partial charge in [-0.25, -0.2) is 0 Å². The number of piperidine rings is 1. The van der Waals surface area contributed by atoms with Crippen LogP contribution in [0.1, 0.15) is 31.7 Å². The predicted octanol–water partition coefficient (Wildman–Crippen LogP) is 3.42. The minimum absolute atomic E-state index is 0.646. The molecule has 1 unspecified atom stereocenters. The zero-order chi connectivity index (χ0) is 14.4. The summed E-state index contributed by atoms with van der Waals surface area (Å²) < 4.78 is 6.61. The lowest BCUT2D eigenvalue weighted by molar-refractivity contribution is 0.136. The maximum atomic E-state index is 5.50. The molecule has 1 aromatic carbocycles. The number of halogens is 1. The van der Waals surface area contributed by atoms with Gasteiger partial charge < -0.3 is 10.1 Å². The van der Waals surface area contributed by atoms with Gasteiger partial charge in [0.1, 0.15) is 5.75 Å². The molecule has 1 aliphatic heterocycles. The van der Waals surface area contributed by atoms with E-state index in [0.29, 0.717) is 6.04 Å². The molecule has 1 aliphatic rings. The molecule has 20 heavy (non-hydrogen) atoms. The summed E-state index contributed by atoms with van der Waals surface area (Å²) in [5.41, 5.74) is 1.27. The number of hydrogen-bond acceptors (Lipinski definition) is 3. The van der Waals surface area contributed by atoms with Crippen LogP contribution < -0.4 is 10.1 Å². The quantitative estimate of drug-likeness (QED) is 0.858. The van der Waals surface area contributed by atoms with Crippen LogP contribution in [0.2, 0.25) is 0 Å². The van der Waals surface area contributed by atoms with Crippen molar-refractivity contribution in [3.05, 3.63) is 28.2 Å². The Morgan fingerprint density at radius 2 is 2.25 bits per heavy atom. The van der Waals surface area contributed by atoms with Crippen LogP contribution in [0.15, 0.2) is 22.7 Å². The number of nitrogens with one attached hydrogen (secondary N) is 1. The second kappa shape index (κ2) is 8.01. The van der Waals surface area contributed by atoms with Crippen LogP contribution in [-0.4, -0.2) is 37.7 Å². The van der Waals surface area contributed by atoms with Crippen LogP contribution in [0.25, 0.3) is 0 Å². The van der Waals surface area contributed by atoms with Crippen molar-refractivity contribution in [2.75, 3.05) is 26.7 Å². The van der Waals surface area contributed by atoms with Gasteiger partial charge in [0.25, 0.3) is 0 Å². The number of hydrogen-bond donors (Lipinski definition) is 1. The molecule has 0 bridgehead atoms. The van der Waals surface area contributed by atoms with Gasteiger partial charge in [0.15, 0.2) is 0 Å². The van der Waals surface area contributed by atoms with E-state index < -0.39 is 0 Å². The fourth-order valence-corrected chi connectivity index (χ4v) is 3.31. The summed E-state index contributed by atoms with van der Waals surface area (Å²) >= 11 is 3.56. The third kappa shape index (κ3) is 4.21. The van der Waals surface area contributed by atoms with E-state index in [0.717, 1.165) is 29.9 Å². The van der Waals surface area contributed by atoms with Crippen LogP contribution in [0.3, 0.4) is 0 Å². The summed E-state index contributed by atoms with van der Waals surface area (Å²) in [5, 5.41) is 3.49. The van der Waals surface area contributed by atoms with Gasteiger partial charge in [-0.05, 0) is 44.1 Å². The summed E-state index contributed by atoms with van der Waals surface area (Å²) in [4.78, 5) is 2.59. The highest BCUT2D eigenvalue weighted by molar-refractivity contribution is 9.10. The molecule has 0 aliphatic carbocycles. The Morgan fingerprint density at radius 1 is 1.40 bits per heavy atom. The van der Waals surface area contributed by atoms with Crippen molar-refractivity contribution in [2.45, 2.75) is 38.8 Å². The van der Waals surface area contributed by atoms with Crippen LogP contribution in [0, 0.1) is 0 Å². The lowest BCUT2D eigenvalue weighted by Crippen LogP contribution is -2.45. The largest absolute Gasteiger partial charge is 0.496 e. The molecule has 0 radical (unpaired) electrons. The molecule has 112 valence electrons. The van der Waals surface area contributed by atoms with E-state index in [1.165, 1.54) is 31.4 Å². The Morgan fingerprint density at radius 3 is 3.00 bits per heavy atom. The van der Waals surface area contributed by atoms with Gasteiger partial charge in [0.05, 0.1) is 7.11 Å². The number of nitrogens with zero attached hydrogens (tertiary/aromatic N) is 1. The van der Waals surface area contributed by atoms with Gasteiger partial charge in [0, 0.05) is 29.2 Å². The van der Waals surface area contributed by atoms with E-state index in [1.807, 2.05) is 12.1 Å². The second-order valence-corrected chi connectivity index (χ2v) is 6.30. The summed E-state index contributed by atoms with van der Waals surface area (Å²) in [5.74, 6) is 0.987. The van der Waals surface area contributed by atoms with Gasteiger partial charge in [-0.3, -0.25) is 4.90 Å². The molecule has 0 aromatic heterocycles. The van der Waals surface area contributed by atoms with E-state index in [4.69, 9.17) is 4.74 Å². The molecule has 1 N–H and O–H groups in total. The van der Waals surface area contributed by atoms with Gasteiger partial charge >= 0.3 is 0 Å². The fraction of sp³-hybridized carbons (Fsp3) is 0.625. The highest BCUT2D eigenvalue weighted by Gasteiger charge is 2.22. The first-order valence-corrected chi connectivity index (χ1v) is 8.31. The number of rotatable bonds is 6. The highest BCUT2D eigenvalue weighted by Crippen LogP contribution is 2.27. The standard InChI is InChI=1S/C16H25BrN2O/c1-3-18-11-15-6-4-5-9-19(15)12-13-10-14(17)7-8-16(13)20-2/h7-8,10,15,18H,3-6,9,11-12H2,1-2H3. The second-order valence-electron chi connectivity index (χ2n) is 5.38. The third-order valence-electron chi connectivity index (χ3n) is 3.99. The molecule has 0 amide bonds. The molecule has 1 aromatic rings. The van der Waals surface area contributed by atoms with Crippen molar-refractivity contribution in [1.82, 2.24) is 10.2 Å². The number of benzene rings is 1. The summed E-state index contributed by atoms with van der Waals surface area (Å²) in [6.45, 7) is 6.46. The van der Waals surface area contributed by atoms with Crippen LogP contribution in [0.5, 0.6) is 5.75 Å². The average Bonchev–Trinajstić information content (AvgIpc) is 2.47.